The maximum atomic E-state index is 12.7. The zero-order valence-electron chi connectivity index (χ0n) is 15.2. The Kier molecular flexibility index (Phi) is 5.37. The summed E-state index contributed by atoms with van der Waals surface area (Å²) in [4.78, 5) is 24.8. The molecule has 1 aliphatic rings. The zero-order chi connectivity index (χ0) is 19.3. The van der Waals surface area contributed by atoms with Gasteiger partial charge in [-0.2, -0.15) is 10.1 Å². The van der Waals surface area contributed by atoms with E-state index >= 15 is 0 Å². The summed E-state index contributed by atoms with van der Waals surface area (Å²) in [5, 5.41) is 11.1. The molecule has 0 saturated carbocycles. The van der Waals surface area contributed by atoms with Crippen molar-refractivity contribution in [2.45, 2.75) is 25.9 Å². The Balaban J connectivity index is 1.62. The number of hydrazone groups is 1. The molecule has 0 radical (unpaired) electrons. The maximum Gasteiger partial charge on any atom is 0.344 e. The molecule has 0 saturated heterocycles. The number of rotatable bonds is 4. The van der Waals surface area contributed by atoms with Crippen molar-refractivity contribution in [1.29, 1.82) is 0 Å². The van der Waals surface area contributed by atoms with Gasteiger partial charge in [-0.1, -0.05) is 36.4 Å². The number of hydrazine groups is 1. The van der Waals surface area contributed by atoms with Crippen LogP contribution in [0.1, 0.15) is 20.3 Å². The normalized spacial score (nSPS) is 18.6. The van der Waals surface area contributed by atoms with E-state index in [1.54, 1.807) is 31.2 Å². The van der Waals surface area contributed by atoms with Crippen LogP contribution in [-0.4, -0.2) is 28.4 Å². The van der Waals surface area contributed by atoms with E-state index in [9.17, 15) is 9.59 Å². The maximum absolute atomic E-state index is 12.7. The highest BCUT2D eigenvalue weighted by Gasteiger charge is 2.41. The first-order valence-electron chi connectivity index (χ1n) is 8.56. The van der Waals surface area contributed by atoms with E-state index in [4.69, 9.17) is 0 Å². The number of nitrogens with zero attached hydrogens (tertiary/aromatic N) is 2. The molecule has 8 heteroatoms. The first-order chi connectivity index (χ1) is 13.0. The molecule has 0 spiro atoms. The molecule has 1 atom stereocenters. The molecule has 2 aromatic rings. The topological polar surface area (TPSA) is 97.9 Å². The molecule has 4 amide bonds. The van der Waals surface area contributed by atoms with Crippen molar-refractivity contribution in [2.75, 3.05) is 10.6 Å². The molecule has 140 valence electrons. The minimum absolute atomic E-state index is 0.390. The quantitative estimate of drug-likeness (QED) is 0.625. The van der Waals surface area contributed by atoms with Crippen LogP contribution in [0.5, 0.6) is 0 Å². The van der Waals surface area contributed by atoms with Crippen molar-refractivity contribution < 1.29 is 9.59 Å². The number of para-hydroxylation sites is 2. The molecule has 1 aliphatic heterocycles. The van der Waals surface area contributed by atoms with Gasteiger partial charge in [-0.15, -0.1) is 0 Å². The number of nitrogens with one attached hydrogen (secondary N) is 4. The Morgan fingerprint density at radius 3 is 2.11 bits per heavy atom. The van der Waals surface area contributed by atoms with E-state index in [-0.39, 0.29) is 0 Å². The van der Waals surface area contributed by atoms with Gasteiger partial charge in [0, 0.05) is 23.5 Å². The van der Waals surface area contributed by atoms with E-state index in [2.05, 4.69) is 26.6 Å². The number of amides is 4. The van der Waals surface area contributed by atoms with Gasteiger partial charge in [0.1, 0.15) is 5.66 Å². The first-order valence-corrected chi connectivity index (χ1v) is 8.56. The van der Waals surface area contributed by atoms with Crippen molar-refractivity contribution in [3.63, 3.8) is 0 Å². The average Bonchev–Trinajstić information content (AvgIpc) is 2.97. The molecule has 4 N–H and O–H groups in total. The number of benzene rings is 2. The van der Waals surface area contributed by atoms with Crippen LogP contribution < -0.4 is 21.5 Å². The van der Waals surface area contributed by atoms with Crippen LogP contribution in [0.2, 0.25) is 0 Å². The Bertz CT molecular complexity index is 840. The Hall–Kier alpha value is -3.39. The van der Waals surface area contributed by atoms with Gasteiger partial charge in [-0.25, -0.2) is 15.0 Å². The minimum atomic E-state index is -0.892. The van der Waals surface area contributed by atoms with Gasteiger partial charge in [-0.3, -0.25) is 5.43 Å². The fraction of sp³-hybridized carbons (Fsp3) is 0.211. The lowest BCUT2D eigenvalue weighted by molar-refractivity contribution is 0.117. The summed E-state index contributed by atoms with van der Waals surface area (Å²) in [6.07, 6.45) is 0.473. The van der Waals surface area contributed by atoms with E-state index in [1.807, 2.05) is 43.3 Å². The summed E-state index contributed by atoms with van der Waals surface area (Å²) >= 11 is 0. The zero-order valence-corrected chi connectivity index (χ0v) is 15.2. The lowest BCUT2D eigenvalue weighted by Crippen LogP contribution is -2.61. The Morgan fingerprint density at radius 1 is 0.963 bits per heavy atom. The van der Waals surface area contributed by atoms with Gasteiger partial charge in [0.25, 0.3) is 0 Å². The average molecular weight is 366 g/mol. The molecule has 27 heavy (non-hydrogen) atoms. The molecule has 2 aromatic carbocycles. The predicted molar refractivity (Wildman–Crippen MR) is 105 cm³/mol. The van der Waals surface area contributed by atoms with Gasteiger partial charge in [0.2, 0.25) is 0 Å². The SMILES string of the molecule is CC1=NN(C(=O)Nc2ccccc2)[C@](C)(NNC(=O)Nc2ccccc2)C1. The Labute approximate surface area is 157 Å². The third-order valence-electron chi connectivity index (χ3n) is 4.03. The number of anilines is 2. The van der Waals surface area contributed by atoms with Crippen molar-refractivity contribution in [3.8, 4) is 0 Å². The van der Waals surface area contributed by atoms with Crippen LogP contribution in [0.15, 0.2) is 65.8 Å². The number of hydrogen-bond acceptors (Lipinski definition) is 4. The van der Waals surface area contributed by atoms with E-state index in [0.29, 0.717) is 17.8 Å². The van der Waals surface area contributed by atoms with Crippen LogP contribution in [-0.2, 0) is 0 Å². The van der Waals surface area contributed by atoms with Crippen LogP contribution in [0.4, 0.5) is 21.0 Å². The number of hydrogen-bond donors (Lipinski definition) is 4. The molecule has 0 aromatic heterocycles. The van der Waals surface area contributed by atoms with Gasteiger partial charge < -0.3 is 10.6 Å². The second kappa shape index (κ2) is 7.88. The predicted octanol–water partition coefficient (Wildman–Crippen LogP) is 3.34. The third kappa shape index (κ3) is 4.62. The summed E-state index contributed by atoms with van der Waals surface area (Å²) in [6, 6.07) is 17.4. The molecular formula is C19H22N6O2. The van der Waals surface area contributed by atoms with Crippen LogP contribution >= 0.6 is 0 Å². The monoisotopic (exact) mass is 366 g/mol. The van der Waals surface area contributed by atoms with Crippen LogP contribution in [0, 0.1) is 0 Å². The van der Waals surface area contributed by atoms with Gasteiger partial charge in [0.05, 0.1) is 0 Å². The molecule has 0 bridgehead atoms. The summed E-state index contributed by atoms with van der Waals surface area (Å²) < 4.78 is 0. The van der Waals surface area contributed by atoms with Crippen molar-refractivity contribution >= 4 is 29.1 Å². The summed E-state index contributed by atoms with van der Waals surface area (Å²) in [5.74, 6) is 0. The van der Waals surface area contributed by atoms with Crippen LogP contribution in [0.3, 0.4) is 0 Å². The van der Waals surface area contributed by atoms with Gasteiger partial charge in [-0.05, 0) is 38.1 Å². The highest BCUT2D eigenvalue weighted by atomic mass is 16.2. The largest absolute Gasteiger partial charge is 0.344 e. The smallest absolute Gasteiger partial charge is 0.307 e. The summed E-state index contributed by atoms with van der Waals surface area (Å²) in [5.41, 5.74) is 6.72. The molecule has 8 nitrogen and oxygen atoms in total. The first kappa shape index (κ1) is 18.4. The molecule has 0 fully saturated rings. The standard InChI is InChI=1S/C19H22N6O2/c1-14-13-19(2,24-22-17(26)20-15-9-5-3-6-10-15)25(23-14)18(27)21-16-11-7-4-8-12-16/h3-12,24H,13H2,1-2H3,(H,21,27)(H2,20,22,26)/t19-/m0/s1. The summed E-state index contributed by atoms with van der Waals surface area (Å²) in [6.45, 7) is 3.63. The number of urea groups is 2. The van der Waals surface area contributed by atoms with Gasteiger partial charge in [0.15, 0.2) is 0 Å². The molecular weight excluding hydrogens is 344 g/mol. The fourth-order valence-electron chi connectivity index (χ4n) is 2.83. The Morgan fingerprint density at radius 2 is 1.52 bits per heavy atom. The van der Waals surface area contributed by atoms with Gasteiger partial charge >= 0.3 is 12.1 Å². The molecule has 3 rings (SSSR count). The second-order valence-electron chi connectivity index (χ2n) is 6.46. The minimum Gasteiger partial charge on any atom is -0.307 e. The molecule has 0 aliphatic carbocycles. The number of carbonyl (C=O) groups is 2. The highest BCUT2D eigenvalue weighted by Crippen LogP contribution is 2.25. The van der Waals surface area contributed by atoms with Crippen LogP contribution in [0.25, 0.3) is 0 Å². The summed E-state index contributed by atoms with van der Waals surface area (Å²) in [7, 11) is 0. The van der Waals surface area contributed by atoms with E-state index in [0.717, 1.165) is 5.71 Å². The highest BCUT2D eigenvalue weighted by molar-refractivity contribution is 5.94. The van der Waals surface area contributed by atoms with Crippen molar-refractivity contribution in [3.05, 3.63) is 60.7 Å². The molecule has 1 heterocycles. The fourth-order valence-corrected chi connectivity index (χ4v) is 2.83. The van der Waals surface area contributed by atoms with E-state index < -0.39 is 17.7 Å². The second-order valence-corrected chi connectivity index (χ2v) is 6.46. The van der Waals surface area contributed by atoms with Crippen molar-refractivity contribution in [2.24, 2.45) is 5.10 Å². The van der Waals surface area contributed by atoms with Crippen molar-refractivity contribution in [1.82, 2.24) is 15.9 Å². The lowest BCUT2D eigenvalue weighted by Gasteiger charge is -2.33. The lowest BCUT2D eigenvalue weighted by atomic mass is 10.1. The number of carbonyl (C=O) groups excluding carboxylic acids is 2. The molecule has 0 unspecified atom stereocenters. The third-order valence-corrected chi connectivity index (χ3v) is 4.03. The van der Waals surface area contributed by atoms with E-state index in [1.165, 1.54) is 5.01 Å².